The van der Waals surface area contributed by atoms with Gasteiger partial charge < -0.3 is 11.1 Å². The molecule has 0 spiro atoms. The van der Waals surface area contributed by atoms with Crippen LogP contribution in [0.15, 0.2) is 6.33 Å². The van der Waals surface area contributed by atoms with Crippen LogP contribution >= 0.6 is 0 Å². The average molecular weight is 164 g/mol. The number of carbonyl (C=O) groups is 1. The predicted octanol–water partition coefficient (Wildman–Crippen LogP) is 0.114. The number of hydrogen-bond acceptors (Lipinski definition) is 4. The highest BCUT2D eigenvalue weighted by Crippen LogP contribution is 2.32. The van der Waals surface area contributed by atoms with E-state index in [-0.39, 0.29) is 11.8 Å². The highest BCUT2D eigenvalue weighted by atomic mass is 16.2. The van der Waals surface area contributed by atoms with E-state index in [2.05, 4.69) is 15.3 Å². The summed E-state index contributed by atoms with van der Waals surface area (Å²) < 4.78 is 0. The SMILES string of the molecule is CC1C(=O)Nc2ncnc(N)c21. The van der Waals surface area contributed by atoms with Gasteiger partial charge in [0, 0.05) is 5.56 Å². The molecule has 0 saturated carbocycles. The van der Waals surface area contributed by atoms with Crippen molar-refractivity contribution >= 4 is 17.5 Å². The Kier molecular flexibility index (Phi) is 1.27. The Morgan fingerprint density at radius 3 is 3.00 bits per heavy atom. The van der Waals surface area contributed by atoms with Crippen molar-refractivity contribution in [2.45, 2.75) is 12.8 Å². The smallest absolute Gasteiger partial charge is 0.233 e. The quantitative estimate of drug-likeness (QED) is 0.570. The number of aromatic nitrogens is 2. The molecule has 3 N–H and O–H groups in total. The zero-order valence-corrected chi connectivity index (χ0v) is 6.53. The summed E-state index contributed by atoms with van der Waals surface area (Å²) in [6.45, 7) is 1.78. The van der Waals surface area contributed by atoms with Crippen molar-refractivity contribution in [2.75, 3.05) is 11.1 Å². The minimum atomic E-state index is -0.235. The second kappa shape index (κ2) is 2.17. The van der Waals surface area contributed by atoms with E-state index >= 15 is 0 Å². The summed E-state index contributed by atoms with van der Waals surface area (Å²) in [6, 6.07) is 0. The van der Waals surface area contributed by atoms with Gasteiger partial charge in [-0.05, 0) is 6.92 Å². The summed E-state index contributed by atoms with van der Waals surface area (Å²) in [5.74, 6) is 0.615. The van der Waals surface area contributed by atoms with Crippen molar-refractivity contribution in [3.63, 3.8) is 0 Å². The molecule has 2 rings (SSSR count). The van der Waals surface area contributed by atoms with Crippen LogP contribution < -0.4 is 11.1 Å². The maximum atomic E-state index is 11.1. The largest absolute Gasteiger partial charge is 0.383 e. The van der Waals surface area contributed by atoms with Crippen molar-refractivity contribution in [3.05, 3.63) is 11.9 Å². The van der Waals surface area contributed by atoms with Crippen LogP contribution in [0.2, 0.25) is 0 Å². The lowest BCUT2D eigenvalue weighted by molar-refractivity contribution is -0.116. The summed E-state index contributed by atoms with van der Waals surface area (Å²) in [7, 11) is 0. The maximum Gasteiger partial charge on any atom is 0.233 e. The molecule has 1 atom stereocenters. The maximum absolute atomic E-state index is 11.1. The van der Waals surface area contributed by atoms with E-state index in [0.29, 0.717) is 17.2 Å². The number of hydrogen-bond donors (Lipinski definition) is 2. The van der Waals surface area contributed by atoms with Gasteiger partial charge in [0.05, 0.1) is 5.92 Å². The second-order valence-corrected chi connectivity index (χ2v) is 2.73. The topological polar surface area (TPSA) is 80.9 Å². The first kappa shape index (κ1) is 7.02. The van der Waals surface area contributed by atoms with Gasteiger partial charge in [0.25, 0.3) is 0 Å². The van der Waals surface area contributed by atoms with Crippen LogP contribution in [0.3, 0.4) is 0 Å². The number of nitrogen functional groups attached to an aromatic ring is 1. The molecule has 5 heteroatoms. The van der Waals surface area contributed by atoms with Crippen molar-refractivity contribution in [1.29, 1.82) is 0 Å². The zero-order chi connectivity index (χ0) is 8.72. The average Bonchev–Trinajstić information content (AvgIpc) is 2.29. The first-order valence-corrected chi connectivity index (χ1v) is 3.61. The Hall–Kier alpha value is -1.65. The van der Waals surface area contributed by atoms with Crippen LogP contribution in [0.25, 0.3) is 0 Å². The second-order valence-electron chi connectivity index (χ2n) is 2.73. The highest BCUT2D eigenvalue weighted by molar-refractivity contribution is 6.02. The van der Waals surface area contributed by atoms with Crippen molar-refractivity contribution in [3.8, 4) is 0 Å². The number of nitrogens with one attached hydrogen (secondary N) is 1. The molecule has 1 aliphatic rings. The number of anilines is 2. The summed E-state index contributed by atoms with van der Waals surface area (Å²) >= 11 is 0. The molecular formula is C7H8N4O. The third-order valence-electron chi connectivity index (χ3n) is 1.98. The molecule has 0 aliphatic carbocycles. The fourth-order valence-electron chi connectivity index (χ4n) is 1.29. The third-order valence-corrected chi connectivity index (χ3v) is 1.98. The number of nitrogens with two attached hydrogens (primary N) is 1. The Balaban J connectivity index is 2.62. The summed E-state index contributed by atoms with van der Waals surface area (Å²) in [6.07, 6.45) is 1.34. The Morgan fingerprint density at radius 2 is 2.33 bits per heavy atom. The molecule has 1 amide bonds. The van der Waals surface area contributed by atoms with Crippen LogP contribution in [0.4, 0.5) is 11.6 Å². The number of nitrogens with zero attached hydrogens (tertiary/aromatic N) is 2. The van der Waals surface area contributed by atoms with Gasteiger partial charge in [0.2, 0.25) is 5.91 Å². The monoisotopic (exact) mass is 164 g/mol. The van der Waals surface area contributed by atoms with Gasteiger partial charge in [-0.25, -0.2) is 9.97 Å². The first-order valence-electron chi connectivity index (χ1n) is 3.61. The zero-order valence-electron chi connectivity index (χ0n) is 6.53. The molecule has 0 saturated heterocycles. The van der Waals surface area contributed by atoms with Crippen molar-refractivity contribution < 1.29 is 4.79 Å². The fraction of sp³-hybridized carbons (Fsp3) is 0.286. The lowest BCUT2D eigenvalue weighted by atomic mass is 10.1. The van der Waals surface area contributed by atoms with Crippen LogP contribution in [0, 0.1) is 0 Å². The fourth-order valence-corrected chi connectivity index (χ4v) is 1.29. The molecule has 1 aromatic rings. The van der Waals surface area contributed by atoms with E-state index in [9.17, 15) is 4.79 Å². The molecule has 0 bridgehead atoms. The summed E-state index contributed by atoms with van der Waals surface area (Å²) in [5, 5.41) is 2.62. The standard InChI is InChI=1S/C7H8N4O/c1-3-4-5(8)9-2-10-6(4)11-7(3)12/h2-3H,1H3,(H3,8,9,10,11,12). The highest BCUT2D eigenvalue weighted by Gasteiger charge is 2.30. The lowest BCUT2D eigenvalue weighted by Gasteiger charge is -2.01. The molecule has 1 aromatic heterocycles. The molecular weight excluding hydrogens is 156 g/mol. The third kappa shape index (κ3) is 0.761. The predicted molar refractivity (Wildman–Crippen MR) is 43.5 cm³/mol. The molecule has 2 heterocycles. The normalized spacial score (nSPS) is 20.4. The van der Waals surface area contributed by atoms with Crippen molar-refractivity contribution in [2.24, 2.45) is 0 Å². The number of rotatable bonds is 0. The van der Waals surface area contributed by atoms with Crippen molar-refractivity contribution in [1.82, 2.24) is 9.97 Å². The molecule has 0 aromatic carbocycles. The first-order chi connectivity index (χ1) is 5.70. The van der Waals surface area contributed by atoms with Gasteiger partial charge >= 0.3 is 0 Å². The van der Waals surface area contributed by atoms with Gasteiger partial charge in [-0.1, -0.05) is 0 Å². The van der Waals surface area contributed by atoms with E-state index in [1.54, 1.807) is 6.92 Å². The van der Waals surface area contributed by atoms with Crippen LogP contribution in [-0.4, -0.2) is 15.9 Å². The summed E-state index contributed by atoms with van der Waals surface area (Å²) in [5.41, 5.74) is 6.29. The summed E-state index contributed by atoms with van der Waals surface area (Å²) in [4.78, 5) is 18.9. The minimum absolute atomic E-state index is 0.0720. The van der Waals surface area contributed by atoms with Crippen LogP contribution in [0.1, 0.15) is 18.4 Å². The Bertz CT molecular complexity index is 349. The van der Waals surface area contributed by atoms with Gasteiger partial charge in [-0.3, -0.25) is 4.79 Å². The van der Waals surface area contributed by atoms with E-state index in [1.165, 1.54) is 6.33 Å². The van der Waals surface area contributed by atoms with Gasteiger partial charge in [0.1, 0.15) is 18.0 Å². The Labute approximate surface area is 69.0 Å². The molecule has 1 unspecified atom stereocenters. The van der Waals surface area contributed by atoms with Gasteiger partial charge in [0.15, 0.2) is 0 Å². The number of amides is 1. The molecule has 5 nitrogen and oxygen atoms in total. The Morgan fingerprint density at radius 1 is 1.58 bits per heavy atom. The lowest BCUT2D eigenvalue weighted by Crippen LogP contribution is -2.09. The number of carbonyl (C=O) groups excluding carboxylic acids is 1. The van der Waals surface area contributed by atoms with E-state index in [1.807, 2.05) is 0 Å². The molecule has 0 radical (unpaired) electrons. The van der Waals surface area contributed by atoms with E-state index in [4.69, 9.17) is 5.73 Å². The minimum Gasteiger partial charge on any atom is -0.383 e. The molecule has 62 valence electrons. The van der Waals surface area contributed by atoms with E-state index < -0.39 is 0 Å². The van der Waals surface area contributed by atoms with E-state index in [0.717, 1.165) is 0 Å². The molecule has 0 fully saturated rings. The van der Waals surface area contributed by atoms with Crippen LogP contribution in [0.5, 0.6) is 0 Å². The molecule has 12 heavy (non-hydrogen) atoms. The van der Waals surface area contributed by atoms with Gasteiger partial charge in [-0.2, -0.15) is 0 Å². The number of fused-ring (bicyclic) bond motifs is 1. The van der Waals surface area contributed by atoms with Gasteiger partial charge in [-0.15, -0.1) is 0 Å². The van der Waals surface area contributed by atoms with Crippen LogP contribution in [-0.2, 0) is 4.79 Å². The molecule has 1 aliphatic heterocycles.